The zero-order valence-electron chi connectivity index (χ0n) is 8.46. The number of alkyl halides is 1. The molecule has 1 aromatic heterocycles. The Labute approximate surface area is 89.3 Å². The van der Waals surface area contributed by atoms with Crippen molar-refractivity contribution in [2.75, 3.05) is 0 Å². The Morgan fingerprint density at radius 1 is 1.56 bits per heavy atom. The van der Waals surface area contributed by atoms with Gasteiger partial charge in [-0.15, -0.1) is 0 Å². The first-order valence-corrected chi connectivity index (χ1v) is 4.80. The Morgan fingerprint density at radius 2 is 2.25 bits per heavy atom. The summed E-state index contributed by atoms with van der Waals surface area (Å²) in [6.07, 6.45) is -3.70. The van der Waals surface area contributed by atoms with E-state index in [1.165, 1.54) is 13.1 Å². The lowest BCUT2D eigenvalue weighted by atomic mass is 10.2. The highest BCUT2D eigenvalue weighted by Crippen LogP contribution is 2.29. The maximum Gasteiger partial charge on any atom is 0.330 e. The van der Waals surface area contributed by atoms with E-state index < -0.39 is 35.9 Å². The molecule has 0 spiro atoms. The molecule has 0 aromatic carbocycles. The molecule has 1 fully saturated rings. The van der Waals surface area contributed by atoms with Crippen molar-refractivity contribution >= 4 is 0 Å². The fourth-order valence-electron chi connectivity index (χ4n) is 1.67. The topological polar surface area (TPSA) is 84.3 Å². The van der Waals surface area contributed by atoms with Gasteiger partial charge in [-0.3, -0.25) is 14.3 Å². The molecule has 88 valence electrons. The van der Waals surface area contributed by atoms with Crippen LogP contribution in [0.5, 0.6) is 0 Å². The number of H-pyrrole nitrogens is 1. The maximum absolute atomic E-state index is 13.3. The average Bonchev–Trinajstić information content (AvgIpc) is 2.46. The number of ether oxygens (including phenoxy) is 1. The number of nitrogens with zero attached hydrogens (tertiary/aromatic N) is 1. The van der Waals surface area contributed by atoms with E-state index in [9.17, 15) is 19.1 Å². The van der Waals surface area contributed by atoms with Gasteiger partial charge < -0.3 is 9.84 Å². The van der Waals surface area contributed by atoms with Crippen LogP contribution in [0.25, 0.3) is 0 Å². The molecular weight excluding hydrogens is 219 g/mol. The number of aliphatic hydroxyl groups is 1. The SMILES string of the molecule is CC1O[C@@H](n2ccc(=O)[nH]c2=O)[C@H](O)[C@@H]1F. The molecule has 0 radical (unpaired) electrons. The van der Waals surface area contributed by atoms with Crippen LogP contribution in [-0.4, -0.2) is 33.0 Å². The van der Waals surface area contributed by atoms with Gasteiger partial charge in [0, 0.05) is 12.3 Å². The largest absolute Gasteiger partial charge is 0.385 e. The zero-order chi connectivity index (χ0) is 11.9. The predicted octanol–water partition coefficient (Wildman–Crippen LogP) is -0.847. The third-order valence-corrected chi connectivity index (χ3v) is 2.55. The summed E-state index contributed by atoms with van der Waals surface area (Å²) < 4.78 is 19.4. The van der Waals surface area contributed by atoms with Crippen LogP contribution >= 0.6 is 0 Å². The van der Waals surface area contributed by atoms with Crippen molar-refractivity contribution in [3.8, 4) is 0 Å². The zero-order valence-corrected chi connectivity index (χ0v) is 8.46. The molecular formula is C9H11FN2O4. The van der Waals surface area contributed by atoms with Gasteiger partial charge in [-0.05, 0) is 6.92 Å². The first-order valence-electron chi connectivity index (χ1n) is 4.80. The molecule has 16 heavy (non-hydrogen) atoms. The second-order valence-electron chi connectivity index (χ2n) is 3.68. The van der Waals surface area contributed by atoms with Gasteiger partial charge in [0.1, 0.15) is 6.10 Å². The summed E-state index contributed by atoms with van der Waals surface area (Å²) >= 11 is 0. The molecule has 1 aromatic rings. The van der Waals surface area contributed by atoms with Gasteiger partial charge in [-0.1, -0.05) is 0 Å². The maximum atomic E-state index is 13.3. The van der Waals surface area contributed by atoms with Crippen LogP contribution in [0.2, 0.25) is 0 Å². The molecule has 0 amide bonds. The van der Waals surface area contributed by atoms with Gasteiger partial charge in [0.05, 0.1) is 6.10 Å². The average molecular weight is 230 g/mol. The van der Waals surface area contributed by atoms with Crippen molar-refractivity contribution in [3.63, 3.8) is 0 Å². The van der Waals surface area contributed by atoms with Crippen molar-refractivity contribution in [1.82, 2.24) is 9.55 Å². The molecule has 0 bridgehead atoms. The molecule has 2 heterocycles. The molecule has 1 unspecified atom stereocenters. The van der Waals surface area contributed by atoms with Crippen LogP contribution in [0.3, 0.4) is 0 Å². The number of aromatic nitrogens is 2. The normalized spacial score (nSPS) is 34.2. The molecule has 1 aliphatic heterocycles. The Bertz CT molecular complexity index is 497. The Balaban J connectivity index is 2.39. The fourth-order valence-corrected chi connectivity index (χ4v) is 1.67. The predicted molar refractivity (Wildman–Crippen MR) is 51.8 cm³/mol. The molecule has 1 aliphatic rings. The van der Waals surface area contributed by atoms with E-state index in [0.717, 1.165) is 10.6 Å². The number of hydrogen-bond acceptors (Lipinski definition) is 4. The van der Waals surface area contributed by atoms with E-state index >= 15 is 0 Å². The molecule has 0 aliphatic carbocycles. The molecule has 1 saturated heterocycles. The molecule has 7 heteroatoms. The van der Waals surface area contributed by atoms with E-state index in [0.29, 0.717) is 0 Å². The van der Waals surface area contributed by atoms with Gasteiger partial charge in [-0.2, -0.15) is 0 Å². The van der Waals surface area contributed by atoms with E-state index in [2.05, 4.69) is 0 Å². The number of aliphatic hydroxyl groups excluding tert-OH is 1. The second-order valence-corrected chi connectivity index (χ2v) is 3.68. The second kappa shape index (κ2) is 3.84. The highest BCUT2D eigenvalue weighted by Gasteiger charge is 2.43. The number of hydrogen-bond donors (Lipinski definition) is 2. The fraction of sp³-hybridized carbons (Fsp3) is 0.556. The summed E-state index contributed by atoms with van der Waals surface area (Å²) in [5, 5.41) is 9.52. The minimum atomic E-state index is -1.55. The Morgan fingerprint density at radius 3 is 2.75 bits per heavy atom. The highest BCUT2D eigenvalue weighted by molar-refractivity contribution is 4.91. The lowest BCUT2D eigenvalue weighted by Gasteiger charge is -2.16. The summed E-state index contributed by atoms with van der Waals surface area (Å²) in [5.41, 5.74) is -1.29. The summed E-state index contributed by atoms with van der Waals surface area (Å²) in [6.45, 7) is 1.46. The highest BCUT2D eigenvalue weighted by atomic mass is 19.1. The summed E-state index contributed by atoms with van der Waals surface area (Å²) in [5.74, 6) is 0. The van der Waals surface area contributed by atoms with Gasteiger partial charge in [0.15, 0.2) is 12.4 Å². The van der Waals surface area contributed by atoms with E-state index in [1.807, 2.05) is 4.98 Å². The molecule has 2 rings (SSSR count). The Kier molecular flexibility index (Phi) is 2.64. The minimum absolute atomic E-state index is 0.557. The van der Waals surface area contributed by atoms with Crippen LogP contribution < -0.4 is 11.2 Å². The number of nitrogens with one attached hydrogen (secondary N) is 1. The van der Waals surface area contributed by atoms with Gasteiger partial charge in [0.25, 0.3) is 5.56 Å². The Hall–Kier alpha value is -1.47. The number of halogens is 1. The molecule has 0 saturated carbocycles. The van der Waals surface area contributed by atoms with Crippen LogP contribution in [0.15, 0.2) is 21.9 Å². The first-order chi connectivity index (χ1) is 7.50. The molecule has 4 atom stereocenters. The van der Waals surface area contributed by atoms with E-state index in [1.54, 1.807) is 0 Å². The van der Waals surface area contributed by atoms with Gasteiger partial charge in [0.2, 0.25) is 0 Å². The summed E-state index contributed by atoms with van der Waals surface area (Å²) in [4.78, 5) is 24.2. The van der Waals surface area contributed by atoms with Crippen molar-refractivity contribution in [2.45, 2.75) is 31.5 Å². The number of aromatic amines is 1. The lowest BCUT2D eigenvalue weighted by Crippen LogP contribution is -2.36. The van der Waals surface area contributed by atoms with Crippen LogP contribution in [0.1, 0.15) is 13.2 Å². The van der Waals surface area contributed by atoms with E-state index in [-0.39, 0.29) is 0 Å². The van der Waals surface area contributed by atoms with Crippen LogP contribution in [0, 0.1) is 0 Å². The monoisotopic (exact) mass is 230 g/mol. The minimum Gasteiger partial charge on any atom is -0.385 e. The van der Waals surface area contributed by atoms with Gasteiger partial charge >= 0.3 is 5.69 Å². The van der Waals surface area contributed by atoms with E-state index in [4.69, 9.17) is 4.74 Å². The van der Waals surface area contributed by atoms with Crippen LogP contribution in [-0.2, 0) is 4.74 Å². The van der Waals surface area contributed by atoms with Crippen LogP contribution in [0.4, 0.5) is 4.39 Å². The third-order valence-electron chi connectivity index (χ3n) is 2.55. The van der Waals surface area contributed by atoms with Gasteiger partial charge in [-0.25, -0.2) is 9.18 Å². The van der Waals surface area contributed by atoms with Crippen molar-refractivity contribution in [2.24, 2.45) is 0 Å². The lowest BCUT2D eigenvalue weighted by molar-refractivity contribution is -0.0349. The molecule has 2 N–H and O–H groups in total. The van der Waals surface area contributed by atoms with Crippen molar-refractivity contribution in [1.29, 1.82) is 0 Å². The summed E-state index contributed by atoms with van der Waals surface area (Å²) in [7, 11) is 0. The quantitative estimate of drug-likeness (QED) is 0.658. The van der Waals surface area contributed by atoms with Crippen molar-refractivity contribution < 1.29 is 14.2 Å². The first kappa shape index (κ1) is 11.0. The summed E-state index contributed by atoms with van der Waals surface area (Å²) in [6, 6.07) is 1.10. The smallest absolute Gasteiger partial charge is 0.330 e. The standard InChI is InChI=1S/C9H11FN2O4/c1-4-6(10)7(14)8(16-4)12-3-2-5(13)11-9(12)15/h2-4,6-8,14H,1H3,(H,11,13,15)/t4?,6-,7-,8-/m1/s1. The third kappa shape index (κ3) is 1.68. The molecule has 6 nitrogen and oxygen atoms in total. The number of rotatable bonds is 1. The van der Waals surface area contributed by atoms with Crippen molar-refractivity contribution in [3.05, 3.63) is 33.1 Å².